The Balaban J connectivity index is 1.71. The molecule has 0 heterocycles. The molecule has 0 saturated heterocycles. The molecule has 0 aromatic heterocycles. The Labute approximate surface area is 182 Å². The largest absolute Gasteiger partial charge is 0.322 e. The number of nitrogens with zero attached hydrogens (tertiary/aromatic N) is 1. The molecule has 0 saturated carbocycles. The van der Waals surface area contributed by atoms with Gasteiger partial charge in [-0.05, 0) is 66.9 Å². The van der Waals surface area contributed by atoms with E-state index in [-0.39, 0.29) is 17.3 Å². The molecule has 0 atom stereocenters. The van der Waals surface area contributed by atoms with Crippen molar-refractivity contribution in [3.8, 4) is 0 Å². The van der Waals surface area contributed by atoms with E-state index in [1.54, 1.807) is 36.4 Å². The van der Waals surface area contributed by atoms with E-state index in [1.165, 1.54) is 23.5 Å². The van der Waals surface area contributed by atoms with Gasteiger partial charge in [-0.15, -0.1) is 0 Å². The number of carbonyl (C=O) groups is 1. The normalized spacial score (nSPS) is 11.5. The fourth-order valence-corrected chi connectivity index (χ4v) is 4.37. The zero-order valence-corrected chi connectivity index (χ0v) is 18.6. The molecule has 30 heavy (non-hydrogen) atoms. The number of sulfonamides is 1. The highest BCUT2D eigenvalue weighted by Crippen LogP contribution is 2.22. The minimum atomic E-state index is -3.64. The summed E-state index contributed by atoms with van der Waals surface area (Å²) in [7, 11) is -2.12. The van der Waals surface area contributed by atoms with E-state index >= 15 is 0 Å². The average Bonchev–Trinajstić information content (AvgIpc) is 2.71. The highest BCUT2D eigenvalue weighted by atomic mass is 35.5. The summed E-state index contributed by atoms with van der Waals surface area (Å²) in [5.41, 5.74) is 4.08. The lowest BCUT2D eigenvalue weighted by molar-refractivity contribution is 0.102. The lowest BCUT2D eigenvalue weighted by atomic mass is 10.1. The van der Waals surface area contributed by atoms with E-state index in [2.05, 4.69) is 5.32 Å². The van der Waals surface area contributed by atoms with E-state index in [0.29, 0.717) is 10.6 Å². The van der Waals surface area contributed by atoms with Gasteiger partial charge in [0.1, 0.15) is 0 Å². The number of hydrogen-bond acceptors (Lipinski definition) is 3. The number of carbonyl (C=O) groups excluding carboxylic acids is 1. The Bertz CT molecular complexity index is 1140. The summed E-state index contributed by atoms with van der Waals surface area (Å²) in [6, 6.07) is 18.8. The van der Waals surface area contributed by atoms with E-state index in [1.807, 2.05) is 32.0 Å². The second kappa shape index (κ2) is 9.00. The summed E-state index contributed by atoms with van der Waals surface area (Å²) < 4.78 is 26.7. The van der Waals surface area contributed by atoms with E-state index in [4.69, 9.17) is 11.6 Å². The predicted molar refractivity (Wildman–Crippen MR) is 120 cm³/mol. The first-order valence-corrected chi connectivity index (χ1v) is 11.2. The lowest BCUT2D eigenvalue weighted by Gasteiger charge is -2.17. The second-order valence-electron chi connectivity index (χ2n) is 7.13. The van der Waals surface area contributed by atoms with Crippen molar-refractivity contribution >= 4 is 33.2 Å². The average molecular weight is 443 g/mol. The Hall–Kier alpha value is -2.67. The standard InChI is InChI=1S/C23H23ClN2O3S/c1-16-5-4-6-17(2)22(16)25-23(27)19-9-7-18(8-10-19)15-26(3)30(28,29)21-13-11-20(24)12-14-21/h4-14H,15H2,1-3H3,(H,25,27). The van der Waals surface area contributed by atoms with Gasteiger partial charge in [0.15, 0.2) is 0 Å². The molecule has 1 N–H and O–H groups in total. The molecule has 1 amide bonds. The van der Waals surface area contributed by atoms with Crippen LogP contribution in [-0.4, -0.2) is 25.7 Å². The Kier molecular flexibility index (Phi) is 6.61. The third-order valence-electron chi connectivity index (χ3n) is 4.86. The summed E-state index contributed by atoms with van der Waals surface area (Å²) in [6.07, 6.45) is 0. The smallest absolute Gasteiger partial charge is 0.255 e. The topological polar surface area (TPSA) is 66.5 Å². The van der Waals surface area contributed by atoms with Crippen LogP contribution in [0, 0.1) is 13.8 Å². The van der Waals surface area contributed by atoms with Gasteiger partial charge < -0.3 is 5.32 Å². The quantitative estimate of drug-likeness (QED) is 0.582. The fourth-order valence-electron chi connectivity index (χ4n) is 3.09. The van der Waals surface area contributed by atoms with E-state index in [9.17, 15) is 13.2 Å². The summed E-state index contributed by atoms with van der Waals surface area (Å²) in [5.74, 6) is -0.207. The Morgan fingerprint density at radius 1 is 0.933 bits per heavy atom. The fraction of sp³-hybridized carbons (Fsp3) is 0.174. The van der Waals surface area contributed by atoms with Crippen LogP contribution in [-0.2, 0) is 16.6 Å². The van der Waals surface area contributed by atoms with Crippen molar-refractivity contribution in [2.45, 2.75) is 25.3 Å². The number of para-hydroxylation sites is 1. The molecule has 0 fully saturated rings. The van der Waals surface area contributed by atoms with Gasteiger partial charge in [0.25, 0.3) is 5.91 Å². The van der Waals surface area contributed by atoms with Gasteiger partial charge in [0.2, 0.25) is 10.0 Å². The van der Waals surface area contributed by atoms with Crippen LogP contribution < -0.4 is 5.32 Å². The number of nitrogens with one attached hydrogen (secondary N) is 1. The van der Waals surface area contributed by atoms with Gasteiger partial charge >= 0.3 is 0 Å². The molecule has 3 aromatic rings. The minimum absolute atomic E-state index is 0.180. The summed E-state index contributed by atoms with van der Waals surface area (Å²) in [6.45, 7) is 4.08. The maximum absolute atomic E-state index is 12.7. The third-order valence-corrected chi connectivity index (χ3v) is 6.93. The van der Waals surface area contributed by atoms with E-state index < -0.39 is 10.0 Å². The van der Waals surface area contributed by atoms with Crippen LogP contribution in [0.25, 0.3) is 0 Å². The first-order valence-electron chi connectivity index (χ1n) is 9.37. The molecule has 0 aliphatic carbocycles. The van der Waals surface area contributed by atoms with Gasteiger partial charge in [-0.3, -0.25) is 4.79 Å². The van der Waals surface area contributed by atoms with Crippen LogP contribution >= 0.6 is 11.6 Å². The number of hydrogen-bond donors (Lipinski definition) is 1. The molecule has 0 bridgehead atoms. The summed E-state index contributed by atoms with van der Waals surface area (Å²) in [5, 5.41) is 3.43. The highest BCUT2D eigenvalue weighted by Gasteiger charge is 2.21. The molecule has 5 nitrogen and oxygen atoms in total. The molecule has 0 spiro atoms. The zero-order chi connectivity index (χ0) is 21.9. The number of benzene rings is 3. The van der Waals surface area contributed by atoms with Crippen molar-refractivity contribution in [1.82, 2.24) is 4.31 Å². The number of anilines is 1. The second-order valence-corrected chi connectivity index (χ2v) is 9.61. The molecule has 156 valence electrons. The van der Waals surface area contributed by atoms with Crippen LogP contribution in [0.3, 0.4) is 0 Å². The minimum Gasteiger partial charge on any atom is -0.322 e. The van der Waals surface area contributed by atoms with Crippen LogP contribution in [0.2, 0.25) is 5.02 Å². The first-order chi connectivity index (χ1) is 14.2. The van der Waals surface area contributed by atoms with Crippen molar-refractivity contribution in [2.24, 2.45) is 0 Å². The molecular weight excluding hydrogens is 420 g/mol. The maximum Gasteiger partial charge on any atom is 0.255 e. The van der Waals surface area contributed by atoms with Crippen molar-refractivity contribution in [3.63, 3.8) is 0 Å². The highest BCUT2D eigenvalue weighted by molar-refractivity contribution is 7.89. The maximum atomic E-state index is 12.7. The molecule has 0 radical (unpaired) electrons. The van der Waals surface area contributed by atoms with Crippen LogP contribution in [0.1, 0.15) is 27.0 Å². The van der Waals surface area contributed by atoms with Gasteiger partial charge in [-0.1, -0.05) is 41.9 Å². The number of rotatable bonds is 6. The van der Waals surface area contributed by atoms with Crippen molar-refractivity contribution < 1.29 is 13.2 Å². The molecule has 0 aliphatic heterocycles. The number of amides is 1. The predicted octanol–water partition coefficient (Wildman–Crippen LogP) is 5.03. The molecule has 7 heteroatoms. The number of aryl methyl sites for hydroxylation is 2. The number of halogens is 1. The Morgan fingerprint density at radius 3 is 2.07 bits per heavy atom. The van der Waals surface area contributed by atoms with Crippen molar-refractivity contribution in [3.05, 3.63) is 94.0 Å². The molecular formula is C23H23ClN2O3S. The van der Waals surface area contributed by atoms with E-state index in [0.717, 1.165) is 22.4 Å². The van der Waals surface area contributed by atoms with Crippen molar-refractivity contribution in [1.29, 1.82) is 0 Å². The van der Waals surface area contributed by atoms with Crippen LogP contribution in [0.4, 0.5) is 5.69 Å². The van der Waals surface area contributed by atoms with Gasteiger partial charge in [-0.25, -0.2) is 8.42 Å². The van der Waals surface area contributed by atoms with Gasteiger partial charge in [0.05, 0.1) is 4.90 Å². The first kappa shape index (κ1) is 22.0. The molecule has 3 rings (SSSR count). The van der Waals surface area contributed by atoms with Gasteiger partial charge in [-0.2, -0.15) is 4.31 Å². The lowest BCUT2D eigenvalue weighted by Crippen LogP contribution is -2.26. The molecule has 0 unspecified atom stereocenters. The van der Waals surface area contributed by atoms with Gasteiger partial charge in [0, 0.05) is 29.9 Å². The Morgan fingerprint density at radius 2 is 1.50 bits per heavy atom. The summed E-state index contributed by atoms with van der Waals surface area (Å²) >= 11 is 5.84. The molecule has 3 aromatic carbocycles. The molecule has 0 aliphatic rings. The van der Waals surface area contributed by atoms with Crippen LogP contribution in [0.15, 0.2) is 71.6 Å². The van der Waals surface area contributed by atoms with Crippen LogP contribution in [0.5, 0.6) is 0 Å². The SMILES string of the molecule is Cc1cccc(C)c1NC(=O)c1ccc(CN(C)S(=O)(=O)c2ccc(Cl)cc2)cc1. The third kappa shape index (κ3) is 4.90. The van der Waals surface area contributed by atoms with Crippen molar-refractivity contribution in [2.75, 3.05) is 12.4 Å². The zero-order valence-electron chi connectivity index (χ0n) is 17.0. The monoisotopic (exact) mass is 442 g/mol. The summed E-state index contributed by atoms with van der Waals surface area (Å²) in [4.78, 5) is 12.8.